The Morgan fingerprint density at radius 2 is 2.07 bits per heavy atom. The molecule has 0 unspecified atom stereocenters. The highest BCUT2D eigenvalue weighted by Crippen LogP contribution is 2.36. The van der Waals surface area contributed by atoms with E-state index in [4.69, 9.17) is 5.73 Å². The summed E-state index contributed by atoms with van der Waals surface area (Å²) >= 11 is 3.32. The van der Waals surface area contributed by atoms with Crippen molar-refractivity contribution in [2.24, 2.45) is 11.1 Å². The molecule has 0 radical (unpaired) electrons. The van der Waals surface area contributed by atoms with E-state index in [1.807, 2.05) is 13.8 Å². The third-order valence-electron chi connectivity index (χ3n) is 2.57. The normalized spacial score (nSPS) is 13.9. The maximum absolute atomic E-state index is 9.68. The largest absolute Gasteiger partial charge is 0.508 e. The zero-order valence-corrected chi connectivity index (χ0v) is 10.5. The lowest BCUT2D eigenvalue weighted by atomic mass is 9.81. The molecule has 0 fully saturated rings. The van der Waals surface area contributed by atoms with Gasteiger partial charge in [-0.2, -0.15) is 0 Å². The average Bonchev–Trinajstić information content (AvgIpc) is 2.20. The molecule has 3 nitrogen and oxygen atoms in total. The van der Waals surface area contributed by atoms with Crippen molar-refractivity contribution in [3.63, 3.8) is 0 Å². The van der Waals surface area contributed by atoms with E-state index >= 15 is 0 Å². The Kier molecular flexibility index (Phi) is 3.76. The summed E-state index contributed by atoms with van der Waals surface area (Å²) in [6.45, 7) is 3.69. The van der Waals surface area contributed by atoms with Crippen molar-refractivity contribution in [3.8, 4) is 5.75 Å². The van der Waals surface area contributed by atoms with E-state index in [-0.39, 0.29) is 12.4 Å². The number of hydrogen-bond donors (Lipinski definition) is 3. The van der Waals surface area contributed by atoms with E-state index in [1.165, 1.54) is 0 Å². The van der Waals surface area contributed by atoms with Crippen LogP contribution in [-0.2, 0) is 0 Å². The van der Waals surface area contributed by atoms with Gasteiger partial charge in [0.25, 0.3) is 0 Å². The molecule has 0 bridgehead atoms. The maximum atomic E-state index is 9.68. The van der Waals surface area contributed by atoms with Crippen LogP contribution in [0.25, 0.3) is 0 Å². The SMILES string of the molecule is CC(C)(CO)[C@@H](N)c1cc(Br)ccc1O. The van der Waals surface area contributed by atoms with Gasteiger partial charge in [-0.15, -0.1) is 0 Å². The first-order chi connectivity index (χ1) is 6.88. The molecule has 4 heteroatoms. The summed E-state index contributed by atoms with van der Waals surface area (Å²) < 4.78 is 0.861. The summed E-state index contributed by atoms with van der Waals surface area (Å²) in [5.74, 6) is 0.159. The zero-order chi connectivity index (χ0) is 11.6. The van der Waals surface area contributed by atoms with Crippen LogP contribution in [0.15, 0.2) is 22.7 Å². The summed E-state index contributed by atoms with van der Waals surface area (Å²) in [5.41, 5.74) is 6.19. The molecule has 1 atom stereocenters. The summed E-state index contributed by atoms with van der Waals surface area (Å²) in [6, 6.07) is 4.71. The van der Waals surface area contributed by atoms with Crippen LogP contribution in [0.4, 0.5) is 0 Å². The molecule has 0 saturated carbocycles. The Morgan fingerprint density at radius 1 is 1.47 bits per heavy atom. The third-order valence-corrected chi connectivity index (χ3v) is 3.07. The molecule has 0 amide bonds. The van der Waals surface area contributed by atoms with Gasteiger partial charge in [0.05, 0.1) is 0 Å². The first-order valence-electron chi connectivity index (χ1n) is 4.73. The first kappa shape index (κ1) is 12.5. The number of aliphatic hydroxyl groups excluding tert-OH is 1. The Labute approximate surface area is 98.1 Å². The Bertz CT molecular complexity index is 352. The molecule has 0 aliphatic heterocycles. The number of phenolic OH excluding ortho intramolecular Hbond substituents is 1. The number of halogens is 1. The van der Waals surface area contributed by atoms with Gasteiger partial charge in [0.2, 0.25) is 0 Å². The lowest BCUT2D eigenvalue weighted by Crippen LogP contribution is -2.32. The Balaban J connectivity index is 3.10. The fraction of sp³-hybridized carbons (Fsp3) is 0.455. The lowest BCUT2D eigenvalue weighted by Gasteiger charge is -2.30. The monoisotopic (exact) mass is 273 g/mol. The maximum Gasteiger partial charge on any atom is 0.120 e. The van der Waals surface area contributed by atoms with Crippen LogP contribution in [-0.4, -0.2) is 16.8 Å². The number of benzene rings is 1. The third kappa shape index (κ3) is 2.71. The van der Waals surface area contributed by atoms with Crippen molar-refractivity contribution < 1.29 is 10.2 Å². The number of aromatic hydroxyl groups is 1. The van der Waals surface area contributed by atoms with Crippen molar-refractivity contribution in [1.82, 2.24) is 0 Å². The van der Waals surface area contributed by atoms with Crippen LogP contribution in [0.2, 0.25) is 0 Å². The highest BCUT2D eigenvalue weighted by atomic mass is 79.9. The van der Waals surface area contributed by atoms with Gasteiger partial charge in [-0.25, -0.2) is 0 Å². The van der Waals surface area contributed by atoms with Gasteiger partial charge in [0.1, 0.15) is 5.75 Å². The molecule has 4 N–H and O–H groups in total. The minimum Gasteiger partial charge on any atom is -0.508 e. The predicted molar refractivity (Wildman–Crippen MR) is 63.6 cm³/mol. The van der Waals surface area contributed by atoms with Gasteiger partial charge < -0.3 is 15.9 Å². The van der Waals surface area contributed by atoms with Gasteiger partial charge in [-0.3, -0.25) is 0 Å². The van der Waals surface area contributed by atoms with Gasteiger partial charge in [0.15, 0.2) is 0 Å². The molecule has 84 valence electrons. The summed E-state index contributed by atoms with van der Waals surface area (Å²) in [6.07, 6.45) is 0. The topological polar surface area (TPSA) is 66.5 Å². The molecular formula is C11H16BrNO2. The first-order valence-corrected chi connectivity index (χ1v) is 5.52. The summed E-state index contributed by atoms with van der Waals surface area (Å²) in [7, 11) is 0. The number of aliphatic hydroxyl groups is 1. The molecule has 0 saturated heterocycles. The molecule has 0 spiro atoms. The van der Waals surface area contributed by atoms with E-state index in [1.54, 1.807) is 18.2 Å². The zero-order valence-electron chi connectivity index (χ0n) is 8.87. The molecule has 0 heterocycles. The quantitative estimate of drug-likeness (QED) is 0.791. The van der Waals surface area contributed by atoms with Crippen molar-refractivity contribution in [3.05, 3.63) is 28.2 Å². The highest BCUT2D eigenvalue weighted by molar-refractivity contribution is 9.10. The second kappa shape index (κ2) is 4.51. The van der Waals surface area contributed by atoms with E-state index in [0.29, 0.717) is 5.56 Å². The number of hydrogen-bond acceptors (Lipinski definition) is 3. The van der Waals surface area contributed by atoms with Crippen molar-refractivity contribution in [2.75, 3.05) is 6.61 Å². The average molecular weight is 274 g/mol. The molecule has 0 aliphatic carbocycles. The minimum absolute atomic E-state index is 0.0277. The fourth-order valence-corrected chi connectivity index (χ4v) is 1.67. The van der Waals surface area contributed by atoms with Crippen LogP contribution in [0.3, 0.4) is 0 Å². The van der Waals surface area contributed by atoms with Crippen LogP contribution in [0.1, 0.15) is 25.5 Å². The van der Waals surface area contributed by atoms with E-state index in [2.05, 4.69) is 15.9 Å². The molecule has 1 rings (SSSR count). The van der Waals surface area contributed by atoms with Gasteiger partial charge in [-0.1, -0.05) is 29.8 Å². The molecule has 15 heavy (non-hydrogen) atoms. The highest BCUT2D eigenvalue weighted by Gasteiger charge is 2.28. The molecule has 1 aromatic carbocycles. The van der Waals surface area contributed by atoms with Crippen LogP contribution in [0.5, 0.6) is 5.75 Å². The second-order valence-electron chi connectivity index (χ2n) is 4.33. The second-order valence-corrected chi connectivity index (χ2v) is 5.24. The van der Waals surface area contributed by atoms with Gasteiger partial charge >= 0.3 is 0 Å². The standard InChI is InChI=1S/C11H16BrNO2/c1-11(2,6-14)10(13)8-5-7(12)3-4-9(8)15/h3-5,10,14-15H,6,13H2,1-2H3/t10-/m0/s1. The van der Waals surface area contributed by atoms with E-state index in [9.17, 15) is 10.2 Å². The minimum atomic E-state index is -0.460. The number of phenols is 1. The van der Waals surface area contributed by atoms with Crippen LogP contribution < -0.4 is 5.73 Å². The molecule has 0 aromatic heterocycles. The summed E-state index contributed by atoms with van der Waals surface area (Å²) in [4.78, 5) is 0. The number of nitrogens with two attached hydrogens (primary N) is 1. The molecule has 1 aromatic rings. The predicted octanol–water partition coefficient (Wildman–Crippen LogP) is 2.17. The fourth-order valence-electron chi connectivity index (χ4n) is 1.29. The Morgan fingerprint density at radius 3 is 2.60 bits per heavy atom. The lowest BCUT2D eigenvalue weighted by molar-refractivity contribution is 0.131. The van der Waals surface area contributed by atoms with Crippen molar-refractivity contribution in [1.29, 1.82) is 0 Å². The van der Waals surface area contributed by atoms with E-state index in [0.717, 1.165) is 4.47 Å². The number of rotatable bonds is 3. The van der Waals surface area contributed by atoms with Crippen molar-refractivity contribution >= 4 is 15.9 Å². The van der Waals surface area contributed by atoms with Crippen LogP contribution >= 0.6 is 15.9 Å². The van der Waals surface area contributed by atoms with Crippen molar-refractivity contribution in [2.45, 2.75) is 19.9 Å². The van der Waals surface area contributed by atoms with Gasteiger partial charge in [0, 0.05) is 28.1 Å². The molecule has 0 aliphatic rings. The smallest absolute Gasteiger partial charge is 0.120 e. The Hall–Kier alpha value is -0.580. The van der Waals surface area contributed by atoms with Crippen LogP contribution in [0, 0.1) is 5.41 Å². The summed E-state index contributed by atoms with van der Waals surface area (Å²) in [5, 5.41) is 18.9. The van der Waals surface area contributed by atoms with Gasteiger partial charge in [-0.05, 0) is 18.2 Å². The molecular weight excluding hydrogens is 258 g/mol. The van der Waals surface area contributed by atoms with E-state index < -0.39 is 11.5 Å².